The average Bonchev–Trinajstić information content (AvgIpc) is 2.36. The molecule has 2 aromatic carbocycles. The van der Waals surface area contributed by atoms with E-state index < -0.39 is 0 Å². The van der Waals surface area contributed by atoms with Crippen molar-refractivity contribution in [2.75, 3.05) is 18.5 Å². The molecule has 88 valence electrons. The third-order valence-corrected chi connectivity index (χ3v) is 2.50. The lowest BCUT2D eigenvalue weighted by Crippen LogP contribution is -2.11. The van der Waals surface area contributed by atoms with Gasteiger partial charge >= 0.3 is 0 Å². The second-order valence-electron chi connectivity index (χ2n) is 3.60. The maximum Gasteiger partial charge on any atom is 0.119 e. The number of rotatable bonds is 5. The highest BCUT2D eigenvalue weighted by Crippen LogP contribution is 2.14. The second-order valence-corrected chi connectivity index (χ2v) is 4.04. The van der Waals surface area contributed by atoms with E-state index in [9.17, 15) is 0 Å². The molecule has 0 radical (unpaired) electrons. The van der Waals surface area contributed by atoms with Gasteiger partial charge in [0.1, 0.15) is 12.4 Å². The van der Waals surface area contributed by atoms with E-state index in [1.807, 2.05) is 54.6 Å². The Hall–Kier alpha value is -1.67. The highest BCUT2D eigenvalue weighted by atomic mass is 35.5. The van der Waals surface area contributed by atoms with E-state index in [2.05, 4.69) is 5.32 Å². The van der Waals surface area contributed by atoms with Crippen LogP contribution in [0.2, 0.25) is 5.02 Å². The molecule has 0 aliphatic rings. The highest BCUT2D eigenvalue weighted by molar-refractivity contribution is 6.30. The molecule has 0 aliphatic heterocycles. The Morgan fingerprint density at radius 1 is 1.00 bits per heavy atom. The zero-order valence-electron chi connectivity index (χ0n) is 9.40. The predicted octanol–water partition coefficient (Wildman–Crippen LogP) is 3.83. The number of ether oxygens (including phenoxy) is 1. The number of hydrogen-bond donors (Lipinski definition) is 1. The Kier molecular flexibility index (Phi) is 4.28. The lowest BCUT2D eigenvalue weighted by atomic mass is 10.3. The van der Waals surface area contributed by atoms with E-state index in [0.717, 1.165) is 23.0 Å². The summed E-state index contributed by atoms with van der Waals surface area (Å²) in [5, 5.41) is 3.98. The van der Waals surface area contributed by atoms with Gasteiger partial charge in [0, 0.05) is 17.3 Å². The summed E-state index contributed by atoms with van der Waals surface area (Å²) < 4.78 is 5.56. The normalized spacial score (nSPS) is 9.94. The summed E-state index contributed by atoms with van der Waals surface area (Å²) in [6, 6.07) is 17.4. The fourth-order valence-electron chi connectivity index (χ4n) is 1.48. The lowest BCUT2D eigenvalue weighted by Gasteiger charge is -2.08. The first-order chi connectivity index (χ1) is 8.34. The van der Waals surface area contributed by atoms with Gasteiger partial charge in [0.25, 0.3) is 0 Å². The summed E-state index contributed by atoms with van der Waals surface area (Å²) in [6.45, 7) is 1.37. The van der Waals surface area contributed by atoms with E-state index >= 15 is 0 Å². The number of halogens is 1. The molecule has 0 aromatic heterocycles. The number of hydrogen-bond acceptors (Lipinski definition) is 2. The SMILES string of the molecule is Clc1cccc(NCCOc2ccccc2)c1. The van der Waals surface area contributed by atoms with Gasteiger partial charge in [-0.25, -0.2) is 0 Å². The van der Waals surface area contributed by atoms with Gasteiger partial charge in [-0.15, -0.1) is 0 Å². The van der Waals surface area contributed by atoms with Crippen LogP contribution in [0.5, 0.6) is 5.75 Å². The van der Waals surface area contributed by atoms with E-state index in [1.54, 1.807) is 0 Å². The van der Waals surface area contributed by atoms with Gasteiger partial charge in [-0.05, 0) is 30.3 Å². The largest absolute Gasteiger partial charge is 0.492 e. The van der Waals surface area contributed by atoms with Crippen LogP contribution >= 0.6 is 11.6 Å². The van der Waals surface area contributed by atoms with Crippen molar-refractivity contribution in [2.45, 2.75) is 0 Å². The molecule has 0 saturated carbocycles. The third kappa shape index (κ3) is 4.00. The van der Waals surface area contributed by atoms with E-state index in [-0.39, 0.29) is 0 Å². The standard InChI is InChI=1S/C14H14ClNO/c15-12-5-4-6-13(11-12)16-9-10-17-14-7-2-1-3-8-14/h1-8,11,16H,9-10H2. The van der Waals surface area contributed by atoms with Gasteiger partial charge in [-0.2, -0.15) is 0 Å². The van der Waals surface area contributed by atoms with Crippen LogP contribution in [0.1, 0.15) is 0 Å². The summed E-state index contributed by atoms with van der Waals surface area (Å²) in [4.78, 5) is 0. The van der Waals surface area contributed by atoms with Crippen molar-refractivity contribution in [1.29, 1.82) is 0 Å². The van der Waals surface area contributed by atoms with Gasteiger partial charge in [0.2, 0.25) is 0 Å². The van der Waals surface area contributed by atoms with E-state index in [1.165, 1.54) is 0 Å². The Morgan fingerprint density at radius 2 is 1.82 bits per heavy atom. The van der Waals surface area contributed by atoms with Crippen LogP contribution in [0, 0.1) is 0 Å². The summed E-state index contributed by atoms with van der Waals surface area (Å²) >= 11 is 5.88. The van der Waals surface area contributed by atoms with Crippen LogP contribution in [-0.2, 0) is 0 Å². The van der Waals surface area contributed by atoms with Crippen molar-refractivity contribution in [2.24, 2.45) is 0 Å². The topological polar surface area (TPSA) is 21.3 Å². The summed E-state index contributed by atoms with van der Waals surface area (Å²) in [6.07, 6.45) is 0. The maximum atomic E-state index is 5.88. The molecule has 0 heterocycles. The fourth-order valence-corrected chi connectivity index (χ4v) is 1.67. The van der Waals surface area contributed by atoms with Gasteiger partial charge in [-0.3, -0.25) is 0 Å². The van der Waals surface area contributed by atoms with Crippen LogP contribution in [0.4, 0.5) is 5.69 Å². The minimum atomic E-state index is 0.622. The van der Waals surface area contributed by atoms with Crippen molar-refractivity contribution in [3.05, 3.63) is 59.6 Å². The van der Waals surface area contributed by atoms with Crippen LogP contribution < -0.4 is 10.1 Å². The molecule has 2 nitrogen and oxygen atoms in total. The van der Waals surface area contributed by atoms with E-state index in [0.29, 0.717) is 6.61 Å². The van der Waals surface area contributed by atoms with Crippen LogP contribution in [0.15, 0.2) is 54.6 Å². The number of benzene rings is 2. The molecular weight excluding hydrogens is 234 g/mol. The highest BCUT2D eigenvalue weighted by Gasteiger charge is 1.94. The Bertz CT molecular complexity index is 459. The Balaban J connectivity index is 1.73. The molecule has 0 aliphatic carbocycles. The van der Waals surface area contributed by atoms with Crippen molar-refractivity contribution in [1.82, 2.24) is 0 Å². The van der Waals surface area contributed by atoms with Crippen LogP contribution in [-0.4, -0.2) is 13.2 Å². The fraction of sp³-hybridized carbons (Fsp3) is 0.143. The predicted molar refractivity (Wildman–Crippen MR) is 71.9 cm³/mol. The lowest BCUT2D eigenvalue weighted by molar-refractivity contribution is 0.333. The summed E-state index contributed by atoms with van der Waals surface area (Å²) in [5.41, 5.74) is 1.01. The molecule has 3 heteroatoms. The molecule has 2 rings (SSSR count). The number of anilines is 1. The summed E-state index contributed by atoms with van der Waals surface area (Å²) in [5.74, 6) is 0.889. The summed E-state index contributed by atoms with van der Waals surface area (Å²) in [7, 11) is 0. The van der Waals surface area contributed by atoms with Crippen molar-refractivity contribution in [3.8, 4) is 5.75 Å². The molecule has 0 atom stereocenters. The monoisotopic (exact) mass is 247 g/mol. The Labute approximate surface area is 106 Å². The van der Waals surface area contributed by atoms with Crippen LogP contribution in [0.3, 0.4) is 0 Å². The molecule has 0 bridgehead atoms. The number of nitrogens with one attached hydrogen (secondary N) is 1. The van der Waals surface area contributed by atoms with Crippen molar-refractivity contribution >= 4 is 17.3 Å². The van der Waals surface area contributed by atoms with Crippen LogP contribution in [0.25, 0.3) is 0 Å². The van der Waals surface area contributed by atoms with Gasteiger partial charge in [0.05, 0.1) is 0 Å². The molecule has 0 saturated heterocycles. The first-order valence-electron chi connectivity index (χ1n) is 5.52. The minimum Gasteiger partial charge on any atom is -0.492 e. The average molecular weight is 248 g/mol. The van der Waals surface area contributed by atoms with Gasteiger partial charge in [0.15, 0.2) is 0 Å². The first kappa shape index (κ1) is 11.8. The van der Waals surface area contributed by atoms with Gasteiger partial charge < -0.3 is 10.1 Å². The van der Waals surface area contributed by atoms with Crippen molar-refractivity contribution in [3.63, 3.8) is 0 Å². The molecule has 1 N–H and O–H groups in total. The Morgan fingerprint density at radius 3 is 2.59 bits per heavy atom. The van der Waals surface area contributed by atoms with Crippen molar-refractivity contribution < 1.29 is 4.74 Å². The minimum absolute atomic E-state index is 0.622. The number of para-hydroxylation sites is 1. The first-order valence-corrected chi connectivity index (χ1v) is 5.90. The molecule has 17 heavy (non-hydrogen) atoms. The second kappa shape index (κ2) is 6.16. The zero-order valence-corrected chi connectivity index (χ0v) is 10.2. The molecule has 2 aromatic rings. The smallest absolute Gasteiger partial charge is 0.119 e. The molecule has 0 unspecified atom stereocenters. The molecule has 0 spiro atoms. The molecular formula is C14H14ClNO. The molecule has 0 amide bonds. The third-order valence-electron chi connectivity index (χ3n) is 2.27. The zero-order chi connectivity index (χ0) is 11.9. The molecule has 0 fully saturated rings. The maximum absolute atomic E-state index is 5.88. The van der Waals surface area contributed by atoms with E-state index in [4.69, 9.17) is 16.3 Å². The van der Waals surface area contributed by atoms with Gasteiger partial charge in [-0.1, -0.05) is 35.9 Å². The quantitative estimate of drug-likeness (QED) is 0.811.